The van der Waals surface area contributed by atoms with Crippen LogP contribution in [0.2, 0.25) is 0 Å². The molecule has 0 aliphatic heterocycles. The summed E-state index contributed by atoms with van der Waals surface area (Å²) in [5.74, 6) is -0.440. The first-order valence-corrected chi connectivity index (χ1v) is 6.90. The molecule has 0 spiro atoms. The third-order valence-corrected chi connectivity index (χ3v) is 3.18. The van der Waals surface area contributed by atoms with Crippen molar-refractivity contribution in [2.75, 3.05) is 0 Å². The van der Waals surface area contributed by atoms with Crippen LogP contribution in [0.15, 0.2) is 30.7 Å². The molecular formula is C17H16ClN3O2. The number of nitrogens with one attached hydrogen (secondary N) is 1. The number of rotatable bonds is 1. The summed E-state index contributed by atoms with van der Waals surface area (Å²) in [7, 11) is 0. The Morgan fingerprint density at radius 2 is 2.09 bits per heavy atom. The van der Waals surface area contributed by atoms with Crippen molar-refractivity contribution < 1.29 is 26.5 Å². The molecule has 3 aromatic rings. The van der Waals surface area contributed by atoms with Crippen molar-refractivity contribution in [3.05, 3.63) is 36.4 Å². The summed E-state index contributed by atoms with van der Waals surface area (Å²) in [4.78, 5) is 19.6. The fourth-order valence-corrected chi connectivity index (χ4v) is 2.27. The topological polar surface area (TPSA) is 58.9 Å². The van der Waals surface area contributed by atoms with Gasteiger partial charge in [-0.05, 0) is 33.3 Å². The molecule has 3 aromatic heterocycles. The molecule has 23 heavy (non-hydrogen) atoms. The average Bonchev–Trinajstić information content (AvgIpc) is 2.82. The lowest BCUT2D eigenvalue weighted by Crippen LogP contribution is -3.00. The molecule has 0 bridgehead atoms. The minimum atomic E-state index is -0.555. The zero-order valence-corrected chi connectivity index (χ0v) is 13.8. The number of pyridine rings is 2. The number of aromatic amines is 1. The highest BCUT2D eigenvalue weighted by Crippen LogP contribution is 2.24. The van der Waals surface area contributed by atoms with Crippen LogP contribution in [0.25, 0.3) is 21.8 Å². The largest absolute Gasteiger partial charge is 1.00 e. The Balaban J connectivity index is 0.00000192. The maximum atomic E-state index is 12.2. The van der Waals surface area contributed by atoms with Gasteiger partial charge in [0.15, 0.2) is 12.4 Å². The number of esters is 1. The Bertz CT molecular complexity index is 933. The number of hydrogen-bond acceptors (Lipinski definition) is 3. The molecule has 5 nitrogen and oxygen atoms in total. The Kier molecular flexibility index (Phi) is 4.31. The van der Waals surface area contributed by atoms with E-state index in [-0.39, 0.29) is 18.1 Å². The summed E-state index contributed by atoms with van der Waals surface area (Å²) in [5.41, 5.74) is 1.50. The molecule has 0 aromatic carbocycles. The number of halogens is 1. The van der Waals surface area contributed by atoms with Crippen molar-refractivity contribution in [3.63, 3.8) is 0 Å². The van der Waals surface area contributed by atoms with Crippen molar-refractivity contribution in [1.82, 2.24) is 9.97 Å². The molecule has 1 N–H and O–H groups in total. The molecule has 0 aliphatic carbocycles. The van der Waals surface area contributed by atoms with Crippen LogP contribution in [0.5, 0.6) is 0 Å². The molecule has 0 atom stereocenters. The smallest absolute Gasteiger partial charge is 0.357 e. The lowest BCUT2D eigenvalue weighted by molar-refractivity contribution is -0.581. The fraction of sp³-hybridized carbons (Fsp3) is 0.235. The number of H-pyrrole nitrogens is 1. The number of terminal acetylenes is 1. The number of nitrogens with zero attached hydrogens (tertiary/aromatic N) is 2. The highest BCUT2D eigenvalue weighted by Gasteiger charge is 2.20. The van der Waals surface area contributed by atoms with Gasteiger partial charge in [0.05, 0.1) is 22.6 Å². The molecule has 6 heteroatoms. The van der Waals surface area contributed by atoms with Crippen LogP contribution in [-0.2, 0) is 4.74 Å². The molecule has 0 aliphatic rings. The van der Waals surface area contributed by atoms with Gasteiger partial charge < -0.3 is 22.1 Å². The van der Waals surface area contributed by atoms with Gasteiger partial charge in [-0.2, -0.15) is 0 Å². The Hall–Kier alpha value is -2.58. The first-order valence-electron chi connectivity index (χ1n) is 6.90. The van der Waals surface area contributed by atoms with Gasteiger partial charge in [0, 0.05) is 11.5 Å². The minimum absolute atomic E-state index is 0. The van der Waals surface area contributed by atoms with Gasteiger partial charge in [0.25, 0.3) is 0 Å². The summed E-state index contributed by atoms with van der Waals surface area (Å²) in [5, 5.41) is 1.82. The number of carbonyl (C=O) groups excluding carboxylic acids is 1. The summed E-state index contributed by atoms with van der Waals surface area (Å²) in [6.07, 6.45) is 10.7. The number of fused-ring (bicyclic) bond motifs is 3. The monoisotopic (exact) mass is 329 g/mol. The second-order valence-corrected chi connectivity index (χ2v) is 6.05. The number of aromatic nitrogens is 3. The Morgan fingerprint density at radius 3 is 2.74 bits per heavy atom. The highest BCUT2D eigenvalue weighted by atomic mass is 35.5. The highest BCUT2D eigenvalue weighted by molar-refractivity contribution is 6.08. The van der Waals surface area contributed by atoms with Crippen molar-refractivity contribution in [2.45, 2.75) is 26.4 Å². The molecule has 0 amide bonds. The van der Waals surface area contributed by atoms with Crippen LogP contribution in [0.3, 0.4) is 0 Å². The van der Waals surface area contributed by atoms with E-state index in [0.29, 0.717) is 0 Å². The van der Waals surface area contributed by atoms with Crippen LogP contribution < -0.4 is 17.0 Å². The zero-order valence-electron chi connectivity index (χ0n) is 13.1. The van der Waals surface area contributed by atoms with E-state index in [4.69, 9.17) is 11.2 Å². The average molecular weight is 330 g/mol. The zero-order chi connectivity index (χ0) is 15.9. The van der Waals surface area contributed by atoms with Crippen molar-refractivity contribution in [1.29, 1.82) is 0 Å². The number of ether oxygens (including phenoxy) is 1. The summed E-state index contributed by atoms with van der Waals surface area (Å²) >= 11 is 0. The van der Waals surface area contributed by atoms with Gasteiger partial charge in [0.1, 0.15) is 11.3 Å². The van der Waals surface area contributed by atoms with Gasteiger partial charge in [-0.1, -0.05) is 0 Å². The van der Waals surface area contributed by atoms with Gasteiger partial charge in [-0.3, -0.25) is 0 Å². The quantitative estimate of drug-likeness (QED) is 0.368. The Labute approximate surface area is 140 Å². The Morgan fingerprint density at radius 1 is 1.35 bits per heavy atom. The van der Waals surface area contributed by atoms with E-state index in [1.54, 1.807) is 23.0 Å². The third-order valence-electron chi connectivity index (χ3n) is 3.18. The fourth-order valence-electron chi connectivity index (χ4n) is 2.27. The number of hydrogen-bond donors (Lipinski definition) is 1. The second kappa shape index (κ2) is 5.90. The van der Waals surface area contributed by atoms with E-state index < -0.39 is 11.6 Å². The SMILES string of the molecule is C#C[n+]1ccc2[nH]c3cnc(C(=O)OC(C)(C)C)cc3c2c1.[Cl-]. The van der Waals surface area contributed by atoms with Crippen LogP contribution in [-0.4, -0.2) is 21.5 Å². The molecule has 0 saturated carbocycles. The van der Waals surface area contributed by atoms with Crippen molar-refractivity contribution in [3.8, 4) is 12.5 Å². The van der Waals surface area contributed by atoms with E-state index in [0.717, 1.165) is 21.8 Å². The summed E-state index contributed by atoms with van der Waals surface area (Å²) < 4.78 is 6.99. The van der Waals surface area contributed by atoms with Crippen molar-refractivity contribution >= 4 is 27.8 Å². The maximum Gasteiger partial charge on any atom is 0.357 e. The van der Waals surface area contributed by atoms with Crippen LogP contribution in [0.4, 0.5) is 0 Å². The van der Waals surface area contributed by atoms with Gasteiger partial charge in [0.2, 0.25) is 6.04 Å². The van der Waals surface area contributed by atoms with E-state index in [9.17, 15) is 4.79 Å². The van der Waals surface area contributed by atoms with Gasteiger partial charge in [-0.25, -0.2) is 9.78 Å². The standard InChI is InChI=1S/C17H15N3O2.ClH/c1-5-20-7-6-13-12(10-20)11-8-14(18-9-15(11)19-13)16(21)22-17(2,3)4;/h1,6-10H,2-4H3;1H. The van der Waals surface area contributed by atoms with Crippen LogP contribution in [0, 0.1) is 12.5 Å². The molecule has 3 heterocycles. The molecule has 0 fully saturated rings. The van der Waals surface area contributed by atoms with E-state index >= 15 is 0 Å². The van der Waals surface area contributed by atoms with Gasteiger partial charge in [-0.15, -0.1) is 4.57 Å². The number of carbonyl (C=O) groups is 1. The van der Waals surface area contributed by atoms with Crippen LogP contribution >= 0.6 is 0 Å². The van der Waals surface area contributed by atoms with Crippen molar-refractivity contribution in [2.24, 2.45) is 0 Å². The lowest BCUT2D eigenvalue weighted by Gasteiger charge is -2.18. The molecule has 0 saturated heterocycles. The summed E-state index contributed by atoms with van der Waals surface area (Å²) in [6, 6.07) is 6.15. The third kappa shape index (κ3) is 3.27. The van der Waals surface area contributed by atoms with E-state index in [1.807, 2.05) is 33.0 Å². The molecule has 0 radical (unpaired) electrons. The lowest BCUT2D eigenvalue weighted by atomic mass is 10.2. The second-order valence-electron chi connectivity index (χ2n) is 6.05. The predicted octanol–water partition coefficient (Wildman–Crippen LogP) is -0.598. The van der Waals surface area contributed by atoms with Crippen LogP contribution in [0.1, 0.15) is 31.3 Å². The van der Waals surface area contributed by atoms with Gasteiger partial charge >= 0.3 is 5.97 Å². The normalized spacial score (nSPS) is 11.0. The predicted molar refractivity (Wildman–Crippen MR) is 83.2 cm³/mol. The maximum absolute atomic E-state index is 12.2. The first-order chi connectivity index (χ1) is 10.4. The molecule has 118 valence electrons. The first kappa shape index (κ1) is 16.8. The van der Waals surface area contributed by atoms with E-state index in [2.05, 4.69) is 16.0 Å². The minimum Gasteiger partial charge on any atom is -1.00 e. The molecule has 3 rings (SSSR count). The molecular weight excluding hydrogens is 314 g/mol. The summed E-state index contributed by atoms with van der Waals surface area (Å²) in [6.45, 7) is 5.47. The molecule has 0 unspecified atom stereocenters. The van der Waals surface area contributed by atoms with E-state index in [1.165, 1.54) is 0 Å².